The van der Waals surface area contributed by atoms with Crippen LogP contribution in [0.3, 0.4) is 0 Å². The molecule has 0 spiro atoms. The van der Waals surface area contributed by atoms with Gasteiger partial charge in [-0.2, -0.15) is 4.72 Å². The molecule has 6 nitrogen and oxygen atoms in total. The SMILES string of the molecule is O=C([C@@H](NS(=O)(=O)c1ccc(OC(F)(F)F)cc1)c1ccc(F)cc1)N1CCCC(F)C1. The third-order valence-electron chi connectivity index (χ3n) is 4.77. The molecule has 0 saturated carbocycles. The first-order chi connectivity index (χ1) is 14.9. The topological polar surface area (TPSA) is 75.7 Å². The van der Waals surface area contributed by atoms with E-state index in [1.165, 1.54) is 17.0 Å². The first-order valence-corrected chi connectivity index (χ1v) is 11.0. The fourth-order valence-corrected chi connectivity index (χ4v) is 4.45. The molecule has 1 unspecified atom stereocenters. The zero-order chi connectivity index (χ0) is 23.5. The molecular formula is C20H19F5N2O4S. The maximum absolute atomic E-state index is 13.8. The largest absolute Gasteiger partial charge is 0.573 e. The Balaban J connectivity index is 1.87. The summed E-state index contributed by atoms with van der Waals surface area (Å²) in [6.45, 7) is 0.0177. The molecule has 2 atom stereocenters. The third-order valence-corrected chi connectivity index (χ3v) is 6.21. The molecule has 1 aliphatic heterocycles. The Morgan fingerprint density at radius 3 is 2.28 bits per heavy atom. The summed E-state index contributed by atoms with van der Waals surface area (Å²) in [5.74, 6) is -1.95. The fourth-order valence-electron chi connectivity index (χ4n) is 3.27. The number of sulfonamides is 1. The number of nitrogens with one attached hydrogen (secondary N) is 1. The molecule has 1 aliphatic rings. The van der Waals surface area contributed by atoms with Crippen molar-refractivity contribution in [2.45, 2.75) is 36.3 Å². The molecule has 1 fully saturated rings. The lowest BCUT2D eigenvalue weighted by molar-refractivity contribution is -0.274. The molecular weight excluding hydrogens is 459 g/mol. The van der Waals surface area contributed by atoms with E-state index < -0.39 is 51.0 Å². The maximum atomic E-state index is 13.8. The Labute approximate surface area is 181 Å². The summed E-state index contributed by atoms with van der Waals surface area (Å²) < 4.78 is 95.6. The highest BCUT2D eigenvalue weighted by molar-refractivity contribution is 7.89. The van der Waals surface area contributed by atoms with Crippen LogP contribution in [0.25, 0.3) is 0 Å². The van der Waals surface area contributed by atoms with Crippen LogP contribution >= 0.6 is 0 Å². The van der Waals surface area contributed by atoms with Crippen LogP contribution in [-0.2, 0) is 14.8 Å². The molecule has 1 N–H and O–H groups in total. The lowest BCUT2D eigenvalue weighted by atomic mass is 10.0. The van der Waals surface area contributed by atoms with Gasteiger partial charge in [0.1, 0.15) is 23.8 Å². The summed E-state index contributed by atoms with van der Waals surface area (Å²) in [7, 11) is -4.40. The summed E-state index contributed by atoms with van der Waals surface area (Å²) in [5, 5.41) is 0. The molecule has 1 amide bonds. The van der Waals surface area contributed by atoms with Crippen LogP contribution in [0.4, 0.5) is 22.0 Å². The number of carbonyl (C=O) groups excluding carboxylic acids is 1. The number of likely N-dealkylation sites (tertiary alicyclic amines) is 1. The molecule has 12 heteroatoms. The van der Waals surface area contributed by atoms with Crippen LogP contribution in [0.15, 0.2) is 53.4 Å². The Morgan fingerprint density at radius 1 is 1.09 bits per heavy atom. The number of carbonyl (C=O) groups is 1. The average molecular weight is 478 g/mol. The molecule has 1 heterocycles. The second-order valence-electron chi connectivity index (χ2n) is 7.15. The number of alkyl halides is 4. The van der Waals surface area contributed by atoms with Gasteiger partial charge in [0.2, 0.25) is 15.9 Å². The standard InChI is InChI=1S/C20H19F5N2O4S/c21-14-5-3-13(4-6-14)18(19(28)27-11-1-2-15(22)12-27)26-32(29,30)17-9-7-16(8-10-17)31-20(23,24)25/h3-10,15,18,26H,1-2,11-12H2/t15?,18-/m0/s1. The van der Waals surface area contributed by atoms with Crippen molar-refractivity contribution in [1.82, 2.24) is 9.62 Å². The highest BCUT2D eigenvalue weighted by Gasteiger charge is 2.34. The molecule has 0 aromatic heterocycles. The summed E-state index contributed by atoms with van der Waals surface area (Å²) >= 11 is 0. The number of piperidine rings is 1. The van der Waals surface area contributed by atoms with E-state index in [2.05, 4.69) is 9.46 Å². The molecule has 1 saturated heterocycles. The van der Waals surface area contributed by atoms with Crippen LogP contribution in [0.2, 0.25) is 0 Å². The van der Waals surface area contributed by atoms with Crippen LogP contribution in [0.5, 0.6) is 5.75 Å². The van der Waals surface area contributed by atoms with Gasteiger partial charge in [-0.15, -0.1) is 13.2 Å². The van der Waals surface area contributed by atoms with Gasteiger partial charge in [-0.25, -0.2) is 17.2 Å². The Morgan fingerprint density at radius 2 is 1.72 bits per heavy atom. The third kappa shape index (κ3) is 6.16. The summed E-state index contributed by atoms with van der Waals surface area (Å²) in [6.07, 6.45) is -5.51. The van der Waals surface area contributed by atoms with Crippen LogP contribution in [0.1, 0.15) is 24.4 Å². The van der Waals surface area contributed by atoms with Gasteiger partial charge >= 0.3 is 6.36 Å². The highest BCUT2D eigenvalue weighted by Crippen LogP contribution is 2.26. The Bertz CT molecular complexity index is 1040. The first-order valence-electron chi connectivity index (χ1n) is 9.51. The van der Waals surface area contributed by atoms with Crippen LogP contribution in [0, 0.1) is 5.82 Å². The highest BCUT2D eigenvalue weighted by atomic mass is 32.2. The van der Waals surface area contributed by atoms with E-state index in [9.17, 15) is 35.2 Å². The van der Waals surface area contributed by atoms with Gasteiger partial charge in [0, 0.05) is 6.54 Å². The minimum absolute atomic E-state index is 0.123. The van der Waals surface area contributed by atoms with E-state index in [1.54, 1.807) is 0 Å². The van der Waals surface area contributed by atoms with E-state index >= 15 is 0 Å². The second kappa shape index (κ2) is 9.41. The molecule has 2 aromatic carbocycles. The van der Waals surface area contributed by atoms with Crippen molar-refractivity contribution in [1.29, 1.82) is 0 Å². The lowest BCUT2D eigenvalue weighted by Crippen LogP contribution is -2.47. The van der Waals surface area contributed by atoms with Gasteiger partial charge in [-0.3, -0.25) is 4.79 Å². The number of hydrogen-bond donors (Lipinski definition) is 1. The monoisotopic (exact) mass is 478 g/mol. The van der Waals surface area contributed by atoms with E-state index in [4.69, 9.17) is 0 Å². The molecule has 2 aromatic rings. The molecule has 32 heavy (non-hydrogen) atoms. The minimum atomic E-state index is -4.94. The van der Waals surface area contributed by atoms with Gasteiger partial charge in [0.25, 0.3) is 0 Å². The predicted molar refractivity (Wildman–Crippen MR) is 103 cm³/mol. The van der Waals surface area contributed by atoms with Crippen molar-refractivity contribution in [3.63, 3.8) is 0 Å². The van der Waals surface area contributed by atoms with Crippen molar-refractivity contribution in [2.75, 3.05) is 13.1 Å². The number of benzene rings is 2. The summed E-state index contributed by atoms with van der Waals surface area (Å²) in [6, 6.07) is 6.43. The van der Waals surface area contributed by atoms with Crippen molar-refractivity contribution in [2.24, 2.45) is 0 Å². The molecule has 0 aliphatic carbocycles. The van der Waals surface area contributed by atoms with Crippen LogP contribution in [-0.4, -0.2) is 44.8 Å². The van der Waals surface area contributed by atoms with Gasteiger partial charge in [0.05, 0.1) is 11.4 Å². The van der Waals surface area contributed by atoms with E-state index in [0.717, 1.165) is 36.4 Å². The molecule has 0 bridgehead atoms. The summed E-state index contributed by atoms with van der Waals surface area (Å²) in [5.41, 5.74) is 0.123. The van der Waals surface area contributed by atoms with E-state index in [-0.39, 0.29) is 25.1 Å². The van der Waals surface area contributed by atoms with E-state index in [0.29, 0.717) is 6.42 Å². The number of rotatable bonds is 6. The van der Waals surface area contributed by atoms with Crippen molar-refractivity contribution in [3.8, 4) is 5.75 Å². The number of hydrogen-bond acceptors (Lipinski definition) is 4. The molecule has 0 radical (unpaired) electrons. The quantitative estimate of drug-likeness (QED) is 0.643. The van der Waals surface area contributed by atoms with Gasteiger partial charge < -0.3 is 9.64 Å². The smallest absolute Gasteiger partial charge is 0.406 e. The number of halogens is 5. The minimum Gasteiger partial charge on any atom is -0.406 e. The van der Waals surface area contributed by atoms with Crippen LogP contribution < -0.4 is 9.46 Å². The zero-order valence-corrected chi connectivity index (χ0v) is 17.3. The molecule has 174 valence electrons. The van der Waals surface area contributed by atoms with Crippen molar-refractivity contribution < 1.29 is 39.9 Å². The second-order valence-corrected chi connectivity index (χ2v) is 8.86. The normalized spacial score (nSPS) is 18.3. The van der Waals surface area contributed by atoms with Gasteiger partial charge in [-0.1, -0.05) is 12.1 Å². The number of ether oxygens (including phenoxy) is 1. The number of nitrogens with zero attached hydrogens (tertiary/aromatic N) is 1. The van der Waals surface area contributed by atoms with E-state index in [1.807, 2.05) is 0 Å². The Hall–Kier alpha value is -2.73. The Kier molecular flexibility index (Phi) is 7.03. The fraction of sp³-hybridized carbons (Fsp3) is 0.350. The lowest BCUT2D eigenvalue weighted by Gasteiger charge is -2.32. The number of amides is 1. The molecule has 3 rings (SSSR count). The maximum Gasteiger partial charge on any atom is 0.573 e. The van der Waals surface area contributed by atoms with Crippen molar-refractivity contribution >= 4 is 15.9 Å². The zero-order valence-electron chi connectivity index (χ0n) is 16.5. The first kappa shape index (κ1) is 23.9. The van der Waals surface area contributed by atoms with Gasteiger partial charge in [-0.05, 0) is 54.8 Å². The predicted octanol–water partition coefficient (Wildman–Crippen LogP) is 3.70. The summed E-state index contributed by atoms with van der Waals surface area (Å²) in [4.78, 5) is 13.8. The van der Waals surface area contributed by atoms with Crippen molar-refractivity contribution in [3.05, 3.63) is 59.9 Å². The average Bonchev–Trinajstić information content (AvgIpc) is 2.71. The van der Waals surface area contributed by atoms with Gasteiger partial charge in [0.15, 0.2) is 0 Å².